The van der Waals surface area contributed by atoms with Crippen LogP contribution in [-0.2, 0) is 0 Å². The van der Waals surface area contributed by atoms with Gasteiger partial charge in [-0.15, -0.1) is 0 Å². The van der Waals surface area contributed by atoms with Crippen LogP contribution in [0.3, 0.4) is 0 Å². The first kappa shape index (κ1) is 12.2. The highest BCUT2D eigenvalue weighted by Gasteiger charge is 2.02. The summed E-state index contributed by atoms with van der Waals surface area (Å²) in [5.41, 5.74) is 3.91. The van der Waals surface area contributed by atoms with Crippen molar-refractivity contribution in [3.8, 4) is 18.2 Å². The van der Waals surface area contributed by atoms with Gasteiger partial charge in [-0.2, -0.15) is 20.9 Å². The van der Waals surface area contributed by atoms with Crippen LogP contribution in [0.1, 0.15) is 18.4 Å². The lowest BCUT2D eigenvalue weighted by molar-refractivity contribution is 0.982. The second kappa shape index (κ2) is 5.90. The fourth-order valence-electron chi connectivity index (χ4n) is 1.12. The van der Waals surface area contributed by atoms with Crippen LogP contribution in [0.5, 0.6) is 0 Å². The van der Waals surface area contributed by atoms with Gasteiger partial charge >= 0.3 is 0 Å². The van der Waals surface area contributed by atoms with Gasteiger partial charge in [0, 0.05) is 0 Å². The largest absolute Gasteiger partial charge is 0.277 e. The van der Waals surface area contributed by atoms with Crippen molar-refractivity contribution in [2.45, 2.75) is 12.8 Å². The van der Waals surface area contributed by atoms with Gasteiger partial charge in [0.05, 0.1) is 17.7 Å². The molecule has 1 aromatic carbocycles. The lowest BCUT2D eigenvalue weighted by Gasteiger charge is -2.04. The lowest BCUT2D eigenvalue weighted by atomic mass is 10.0. The van der Waals surface area contributed by atoms with Crippen LogP contribution >= 0.6 is 0 Å². The van der Waals surface area contributed by atoms with Crippen molar-refractivity contribution >= 4 is 11.4 Å². The maximum atomic E-state index is 8.74. The molecule has 5 heteroatoms. The van der Waals surface area contributed by atoms with Gasteiger partial charge < -0.3 is 0 Å². The number of nitrogens with zero attached hydrogens (tertiary/aromatic N) is 4. The third-order valence-corrected chi connectivity index (χ3v) is 2.11. The maximum absolute atomic E-state index is 8.74. The molecule has 1 atom stereocenters. The van der Waals surface area contributed by atoms with Crippen molar-refractivity contribution in [3.05, 3.63) is 29.8 Å². The second-order valence-electron chi connectivity index (χ2n) is 3.27. The Hall–Kier alpha value is -2.84. The van der Waals surface area contributed by atoms with E-state index in [2.05, 4.69) is 16.6 Å². The van der Waals surface area contributed by atoms with Crippen LogP contribution < -0.4 is 5.43 Å². The number of nitriles is 3. The first-order chi connectivity index (χ1) is 8.21. The van der Waals surface area contributed by atoms with E-state index < -0.39 is 0 Å². The van der Waals surface area contributed by atoms with Crippen molar-refractivity contribution in [1.82, 2.24) is 0 Å². The van der Waals surface area contributed by atoms with E-state index >= 15 is 0 Å². The molecule has 0 amide bonds. The smallest absolute Gasteiger partial charge is 0.237 e. The predicted octanol–water partition coefficient (Wildman–Crippen LogP) is 2.13. The summed E-state index contributed by atoms with van der Waals surface area (Å²) in [6.07, 6.45) is 0. The molecule has 0 saturated heterocycles. The monoisotopic (exact) mass is 223 g/mol. The normalized spacial score (nSPS) is 10.2. The molecule has 82 valence electrons. The molecule has 0 aliphatic heterocycles. The van der Waals surface area contributed by atoms with Gasteiger partial charge in [0.15, 0.2) is 0 Å². The highest BCUT2D eigenvalue weighted by atomic mass is 15.3. The number of benzene rings is 1. The Morgan fingerprint density at radius 1 is 1.18 bits per heavy atom. The first-order valence-corrected chi connectivity index (χ1v) is 4.84. The van der Waals surface area contributed by atoms with Crippen LogP contribution in [0.2, 0.25) is 0 Å². The Morgan fingerprint density at radius 2 is 1.76 bits per heavy atom. The third-order valence-electron chi connectivity index (χ3n) is 2.11. The summed E-state index contributed by atoms with van der Waals surface area (Å²) in [6.45, 7) is 1.81. The van der Waals surface area contributed by atoms with Gasteiger partial charge in [0.2, 0.25) is 5.71 Å². The molecule has 0 spiro atoms. The van der Waals surface area contributed by atoms with Crippen molar-refractivity contribution in [2.24, 2.45) is 5.10 Å². The van der Waals surface area contributed by atoms with Crippen LogP contribution in [0.25, 0.3) is 0 Å². The number of hydrazone groups is 1. The van der Waals surface area contributed by atoms with E-state index in [0.29, 0.717) is 5.69 Å². The van der Waals surface area contributed by atoms with E-state index in [1.807, 2.05) is 6.92 Å². The highest BCUT2D eigenvalue weighted by molar-refractivity contribution is 6.10. The summed E-state index contributed by atoms with van der Waals surface area (Å²) in [4.78, 5) is 0. The summed E-state index contributed by atoms with van der Waals surface area (Å²) in [6, 6.07) is 12.5. The van der Waals surface area contributed by atoms with E-state index in [1.54, 1.807) is 36.4 Å². The molecule has 0 aliphatic rings. The van der Waals surface area contributed by atoms with Crippen LogP contribution in [-0.4, -0.2) is 5.71 Å². The van der Waals surface area contributed by atoms with E-state index in [4.69, 9.17) is 15.8 Å². The molecule has 1 unspecified atom stereocenters. The highest BCUT2D eigenvalue weighted by Crippen LogP contribution is 2.17. The number of hydrogen-bond donors (Lipinski definition) is 1. The molecular formula is C12H9N5. The van der Waals surface area contributed by atoms with Crippen molar-refractivity contribution in [3.63, 3.8) is 0 Å². The minimum Gasteiger partial charge on any atom is -0.277 e. The van der Waals surface area contributed by atoms with Gasteiger partial charge in [-0.05, 0) is 24.6 Å². The van der Waals surface area contributed by atoms with Gasteiger partial charge in [0.1, 0.15) is 12.1 Å². The van der Waals surface area contributed by atoms with Gasteiger partial charge in [-0.1, -0.05) is 12.1 Å². The lowest BCUT2D eigenvalue weighted by Crippen LogP contribution is -1.96. The molecule has 5 nitrogen and oxygen atoms in total. The molecule has 17 heavy (non-hydrogen) atoms. The molecule has 0 bridgehead atoms. The maximum Gasteiger partial charge on any atom is 0.237 e. The fourth-order valence-corrected chi connectivity index (χ4v) is 1.12. The molecule has 0 aliphatic carbocycles. The van der Waals surface area contributed by atoms with Gasteiger partial charge in [-0.25, -0.2) is 0 Å². The molecule has 0 fully saturated rings. The summed E-state index contributed by atoms with van der Waals surface area (Å²) in [5.74, 6) is -0.165. The molecular weight excluding hydrogens is 214 g/mol. The summed E-state index contributed by atoms with van der Waals surface area (Å²) in [5, 5.41) is 29.3. The number of hydrogen-bond acceptors (Lipinski definition) is 5. The molecule has 0 aromatic heterocycles. The van der Waals surface area contributed by atoms with Crippen molar-refractivity contribution in [1.29, 1.82) is 15.8 Å². The van der Waals surface area contributed by atoms with Crippen molar-refractivity contribution < 1.29 is 0 Å². The Bertz CT molecular complexity index is 520. The van der Waals surface area contributed by atoms with Crippen LogP contribution in [0.4, 0.5) is 5.69 Å². The number of rotatable bonds is 3. The SMILES string of the molecule is CC(C#N)c1ccc(NN=C(C#N)C#N)cc1. The molecule has 1 rings (SSSR count). The number of anilines is 1. The topological polar surface area (TPSA) is 95.8 Å². The first-order valence-electron chi connectivity index (χ1n) is 4.84. The quantitative estimate of drug-likeness (QED) is 0.627. The fraction of sp³-hybridized carbons (Fsp3) is 0.167. The zero-order valence-electron chi connectivity index (χ0n) is 9.18. The minimum absolute atomic E-state index is 0.165. The van der Waals surface area contributed by atoms with Gasteiger partial charge in [0.25, 0.3) is 0 Å². The minimum atomic E-state index is -0.237. The van der Waals surface area contributed by atoms with E-state index in [9.17, 15) is 0 Å². The molecule has 1 aromatic rings. The predicted molar refractivity (Wildman–Crippen MR) is 62.8 cm³/mol. The van der Waals surface area contributed by atoms with E-state index in [0.717, 1.165) is 5.56 Å². The Morgan fingerprint density at radius 3 is 2.24 bits per heavy atom. The zero-order valence-corrected chi connectivity index (χ0v) is 9.18. The Kier molecular flexibility index (Phi) is 4.25. The van der Waals surface area contributed by atoms with E-state index in [-0.39, 0.29) is 11.6 Å². The Balaban J connectivity index is 2.78. The third kappa shape index (κ3) is 3.34. The second-order valence-corrected chi connectivity index (χ2v) is 3.27. The van der Waals surface area contributed by atoms with Crippen molar-refractivity contribution in [2.75, 3.05) is 5.43 Å². The molecule has 0 heterocycles. The summed E-state index contributed by atoms with van der Waals surface area (Å²) >= 11 is 0. The standard InChI is InChI=1S/C12H9N5/c1-9(6-13)10-2-4-11(5-3-10)16-17-12(7-14)8-15/h2-5,9,16H,1H3. The van der Waals surface area contributed by atoms with Gasteiger partial charge in [-0.3, -0.25) is 5.43 Å². The molecule has 0 radical (unpaired) electrons. The Labute approximate surface area is 99.2 Å². The summed E-state index contributed by atoms with van der Waals surface area (Å²) < 4.78 is 0. The van der Waals surface area contributed by atoms with E-state index in [1.165, 1.54) is 0 Å². The molecule has 0 saturated carbocycles. The zero-order chi connectivity index (χ0) is 12.7. The average molecular weight is 223 g/mol. The van der Waals surface area contributed by atoms with Crippen LogP contribution in [0.15, 0.2) is 29.4 Å². The molecule has 1 N–H and O–H groups in total. The van der Waals surface area contributed by atoms with Crippen LogP contribution in [0, 0.1) is 34.0 Å². The summed E-state index contributed by atoms with van der Waals surface area (Å²) in [7, 11) is 0. The number of nitrogens with one attached hydrogen (secondary N) is 1. The average Bonchev–Trinajstić information content (AvgIpc) is 2.39.